The largest absolute Gasteiger partial charge is 0.307 e. The van der Waals surface area contributed by atoms with Gasteiger partial charge < -0.3 is 5.32 Å². The average molecular weight is 293 g/mol. The maximum atomic E-state index is 14.5. The summed E-state index contributed by atoms with van der Waals surface area (Å²) in [4.78, 5) is 0. The third-order valence-electron chi connectivity index (χ3n) is 4.21. The molecule has 0 saturated heterocycles. The SMILES string of the molecule is CCNC(/C1=C/CCCCCC1)c1c(F)ccc(C)c1F. The van der Waals surface area contributed by atoms with Gasteiger partial charge in [-0.05, 0) is 50.8 Å². The van der Waals surface area contributed by atoms with E-state index in [0.717, 1.165) is 24.8 Å². The summed E-state index contributed by atoms with van der Waals surface area (Å²) in [5, 5.41) is 3.28. The Labute approximate surface area is 126 Å². The summed E-state index contributed by atoms with van der Waals surface area (Å²) >= 11 is 0. The van der Waals surface area contributed by atoms with Crippen LogP contribution < -0.4 is 5.32 Å². The lowest BCUT2D eigenvalue weighted by Gasteiger charge is -2.25. The van der Waals surface area contributed by atoms with Gasteiger partial charge in [-0.2, -0.15) is 0 Å². The van der Waals surface area contributed by atoms with Crippen molar-refractivity contribution in [2.75, 3.05) is 6.54 Å². The van der Waals surface area contributed by atoms with E-state index >= 15 is 0 Å². The molecule has 0 radical (unpaired) electrons. The first-order valence-corrected chi connectivity index (χ1v) is 8.02. The van der Waals surface area contributed by atoms with Gasteiger partial charge in [0.15, 0.2) is 0 Å². The van der Waals surface area contributed by atoms with Gasteiger partial charge in [-0.3, -0.25) is 0 Å². The number of hydrogen-bond donors (Lipinski definition) is 1. The first-order valence-electron chi connectivity index (χ1n) is 8.02. The molecule has 0 spiro atoms. The minimum absolute atomic E-state index is 0.184. The van der Waals surface area contributed by atoms with Gasteiger partial charge in [0.05, 0.1) is 6.04 Å². The second-order valence-corrected chi connectivity index (χ2v) is 5.81. The van der Waals surface area contributed by atoms with Crippen molar-refractivity contribution in [2.45, 2.75) is 58.4 Å². The quantitative estimate of drug-likeness (QED) is 0.752. The molecule has 1 aliphatic carbocycles. The lowest BCUT2D eigenvalue weighted by atomic mass is 9.89. The number of allylic oxidation sites excluding steroid dienone is 1. The van der Waals surface area contributed by atoms with Crippen LogP contribution in [-0.2, 0) is 0 Å². The summed E-state index contributed by atoms with van der Waals surface area (Å²) < 4.78 is 28.7. The molecule has 1 aliphatic rings. The topological polar surface area (TPSA) is 12.0 Å². The molecule has 0 amide bonds. The highest BCUT2D eigenvalue weighted by atomic mass is 19.1. The molecule has 1 N–H and O–H groups in total. The fourth-order valence-corrected chi connectivity index (χ4v) is 3.04. The zero-order valence-corrected chi connectivity index (χ0v) is 13.0. The van der Waals surface area contributed by atoms with Gasteiger partial charge in [0, 0.05) is 5.56 Å². The van der Waals surface area contributed by atoms with Crippen molar-refractivity contribution in [3.05, 3.63) is 46.5 Å². The zero-order chi connectivity index (χ0) is 15.2. The predicted molar refractivity (Wildman–Crippen MR) is 83.3 cm³/mol. The summed E-state index contributed by atoms with van der Waals surface area (Å²) in [6, 6.07) is 2.54. The van der Waals surface area contributed by atoms with Gasteiger partial charge in [-0.25, -0.2) is 8.78 Å². The maximum Gasteiger partial charge on any atom is 0.134 e. The molecule has 0 saturated carbocycles. The van der Waals surface area contributed by atoms with E-state index < -0.39 is 11.6 Å². The predicted octanol–water partition coefficient (Wildman–Crippen LogP) is 5.20. The van der Waals surface area contributed by atoms with Gasteiger partial charge in [-0.15, -0.1) is 0 Å². The van der Waals surface area contributed by atoms with E-state index in [-0.39, 0.29) is 11.6 Å². The number of aryl methyl sites for hydroxylation is 1. The second kappa shape index (κ2) is 7.69. The Morgan fingerprint density at radius 1 is 1.14 bits per heavy atom. The first-order chi connectivity index (χ1) is 10.1. The van der Waals surface area contributed by atoms with Crippen molar-refractivity contribution < 1.29 is 8.78 Å². The van der Waals surface area contributed by atoms with Gasteiger partial charge in [0.2, 0.25) is 0 Å². The van der Waals surface area contributed by atoms with Crippen molar-refractivity contribution in [1.82, 2.24) is 5.32 Å². The maximum absolute atomic E-state index is 14.5. The highest BCUT2D eigenvalue weighted by molar-refractivity contribution is 5.34. The summed E-state index contributed by atoms with van der Waals surface area (Å²) in [6.07, 6.45) is 8.84. The molecule has 1 unspecified atom stereocenters. The number of hydrogen-bond acceptors (Lipinski definition) is 1. The van der Waals surface area contributed by atoms with Gasteiger partial charge in [-0.1, -0.05) is 37.5 Å². The summed E-state index contributed by atoms with van der Waals surface area (Å²) in [5.74, 6) is -0.865. The molecule has 0 heterocycles. The van der Waals surface area contributed by atoms with Crippen LogP contribution in [0.2, 0.25) is 0 Å². The van der Waals surface area contributed by atoms with Crippen LogP contribution in [0.1, 0.15) is 62.6 Å². The minimum atomic E-state index is -0.452. The average Bonchev–Trinajstić information content (AvgIpc) is 2.42. The molecule has 3 heteroatoms. The van der Waals surface area contributed by atoms with Crippen LogP contribution in [-0.4, -0.2) is 6.54 Å². The summed E-state index contributed by atoms with van der Waals surface area (Å²) in [6.45, 7) is 4.35. The Hall–Kier alpha value is -1.22. The van der Waals surface area contributed by atoms with Crippen LogP contribution in [0.3, 0.4) is 0 Å². The third-order valence-corrected chi connectivity index (χ3v) is 4.21. The van der Waals surface area contributed by atoms with E-state index in [0.29, 0.717) is 12.1 Å². The normalized spacial score (nSPS) is 20.3. The van der Waals surface area contributed by atoms with Crippen LogP contribution in [0.15, 0.2) is 23.8 Å². The Balaban J connectivity index is 2.40. The van der Waals surface area contributed by atoms with Crippen LogP contribution in [0, 0.1) is 18.6 Å². The van der Waals surface area contributed by atoms with Crippen molar-refractivity contribution in [3.63, 3.8) is 0 Å². The van der Waals surface area contributed by atoms with Crippen LogP contribution in [0.25, 0.3) is 0 Å². The number of likely N-dealkylation sites (N-methyl/N-ethyl adjacent to an activating group) is 1. The van der Waals surface area contributed by atoms with E-state index in [1.54, 1.807) is 6.92 Å². The Morgan fingerprint density at radius 3 is 2.67 bits per heavy atom. The monoisotopic (exact) mass is 293 g/mol. The molecule has 21 heavy (non-hydrogen) atoms. The molecule has 0 fully saturated rings. The van der Waals surface area contributed by atoms with Gasteiger partial charge in [0.25, 0.3) is 0 Å². The van der Waals surface area contributed by atoms with Crippen LogP contribution >= 0.6 is 0 Å². The minimum Gasteiger partial charge on any atom is -0.307 e. The Kier molecular flexibility index (Phi) is 5.92. The smallest absolute Gasteiger partial charge is 0.134 e. The number of halogens is 2. The molecule has 0 bridgehead atoms. The Morgan fingerprint density at radius 2 is 1.90 bits per heavy atom. The van der Waals surface area contributed by atoms with Crippen molar-refractivity contribution >= 4 is 0 Å². The Bertz CT molecular complexity index is 508. The standard InChI is InChI=1S/C18H25F2N/c1-3-21-18(14-9-7-5-4-6-8-10-14)16-15(19)12-11-13(2)17(16)20/h9,11-12,18,21H,3-8,10H2,1-2H3/b14-9+. The first kappa shape index (κ1) is 16.2. The van der Waals surface area contributed by atoms with Crippen LogP contribution in [0.5, 0.6) is 0 Å². The molecule has 0 aromatic heterocycles. The molecule has 0 aliphatic heterocycles. The van der Waals surface area contributed by atoms with E-state index in [1.165, 1.54) is 31.4 Å². The number of benzene rings is 1. The molecule has 1 aromatic carbocycles. The molecule has 2 rings (SSSR count). The van der Waals surface area contributed by atoms with E-state index in [4.69, 9.17) is 0 Å². The zero-order valence-electron chi connectivity index (χ0n) is 13.0. The fraction of sp³-hybridized carbons (Fsp3) is 0.556. The second-order valence-electron chi connectivity index (χ2n) is 5.81. The number of rotatable bonds is 4. The lowest BCUT2D eigenvalue weighted by Crippen LogP contribution is -2.25. The fourth-order valence-electron chi connectivity index (χ4n) is 3.04. The molecule has 116 valence electrons. The molecular formula is C18H25F2N. The van der Waals surface area contributed by atoms with Crippen molar-refractivity contribution in [3.8, 4) is 0 Å². The van der Waals surface area contributed by atoms with E-state index in [1.807, 2.05) is 6.92 Å². The number of nitrogens with one attached hydrogen (secondary N) is 1. The summed E-state index contributed by atoms with van der Waals surface area (Å²) in [5.41, 5.74) is 1.82. The van der Waals surface area contributed by atoms with E-state index in [9.17, 15) is 8.78 Å². The van der Waals surface area contributed by atoms with Gasteiger partial charge in [0.1, 0.15) is 11.6 Å². The highest BCUT2D eigenvalue weighted by Gasteiger charge is 2.24. The van der Waals surface area contributed by atoms with Crippen molar-refractivity contribution in [2.24, 2.45) is 0 Å². The third kappa shape index (κ3) is 3.91. The summed E-state index contributed by atoms with van der Waals surface area (Å²) in [7, 11) is 0. The molecule has 1 aromatic rings. The highest BCUT2D eigenvalue weighted by Crippen LogP contribution is 2.32. The molecule has 1 atom stereocenters. The molecular weight excluding hydrogens is 268 g/mol. The van der Waals surface area contributed by atoms with Crippen molar-refractivity contribution in [1.29, 1.82) is 0 Å². The lowest BCUT2D eigenvalue weighted by molar-refractivity contribution is 0.487. The van der Waals surface area contributed by atoms with Crippen LogP contribution in [0.4, 0.5) is 8.78 Å². The van der Waals surface area contributed by atoms with Gasteiger partial charge >= 0.3 is 0 Å². The van der Waals surface area contributed by atoms with E-state index in [2.05, 4.69) is 11.4 Å². The molecule has 1 nitrogen and oxygen atoms in total.